The Morgan fingerprint density at radius 2 is 2.33 bits per heavy atom. The minimum Gasteiger partial charge on any atom is -0.492 e. The fraction of sp³-hybridized carbons (Fsp3) is 0.438. The molecule has 3 rings (SSSR count). The smallest absolute Gasteiger partial charge is 0.318 e. The molecule has 0 saturated carbocycles. The van der Waals surface area contributed by atoms with E-state index in [1.165, 1.54) is 11.3 Å². The molecule has 1 aliphatic heterocycles. The number of aryl methyl sites for hydroxylation is 1. The normalized spacial score (nSPS) is 16.7. The van der Waals surface area contributed by atoms with E-state index in [4.69, 9.17) is 16.3 Å². The van der Waals surface area contributed by atoms with Crippen molar-refractivity contribution in [3.05, 3.63) is 38.8 Å². The maximum Gasteiger partial charge on any atom is 0.318 e. The van der Waals surface area contributed by atoms with Crippen molar-refractivity contribution in [1.82, 2.24) is 20.4 Å². The summed E-state index contributed by atoms with van der Waals surface area (Å²) in [6, 6.07) is 5.36. The largest absolute Gasteiger partial charge is 0.492 e. The van der Waals surface area contributed by atoms with Crippen molar-refractivity contribution in [3.8, 4) is 5.75 Å². The zero-order valence-corrected chi connectivity index (χ0v) is 15.2. The molecule has 1 aromatic heterocycles. The second-order valence-corrected chi connectivity index (χ2v) is 7.40. The van der Waals surface area contributed by atoms with Crippen LogP contribution in [0.15, 0.2) is 18.2 Å². The van der Waals surface area contributed by atoms with E-state index in [9.17, 15) is 4.79 Å². The number of fused-ring (bicyclic) bond motifs is 1. The first-order valence-corrected chi connectivity index (χ1v) is 8.96. The fourth-order valence-corrected chi connectivity index (χ4v) is 3.65. The molecule has 0 fully saturated rings. The lowest BCUT2D eigenvalue weighted by molar-refractivity contribution is 0.201. The minimum absolute atomic E-state index is 0.118. The zero-order chi connectivity index (χ0) is 17.1. The van der Waals surface area contributed by atoms with Crippen LogP contribution in [0.25, 0.3) is 0 Å². The molecule has 6 nitrogen and oxygen atoms in total. The van der Waals surface area contributed by atoms with Gasteiger partial charge in [-0.3, -0.25) is 0 Å². The van der Waals surface area contributed by atoms with Crippen molar-refractivity contribution in [3.63, 3.8) is 0 Å². The summed E-state index contributed by atoms with van der Waals surface area (Å²) in [4.78, 5) is 14.1. The SMILES string of the molecule is Cc1nnc(CN(C)C(=O)NC2CCCOc3c(Cl)cccc32)s1. The molecule has 1 aliphatic rings. The van der Waals surface area contributed by atoms with Gasteiger partial charge in [-0.1, -0.05) is 35.1 Å². The average Bonchev–Trinajstić information content (AvgIpc) is 2.84. The van der Waals surface area contributed by atoms with Gasteiger partial charge in [0.05, 0.1) is 24.2 Å². The third-order valence-electron chi connectivity index (χ3n) is 3.84. The predicted molar refractivity (Wildman–Crippen MR) is 93.6 cm³/mol. The van der Waals surface area contributed by atoms with Gasteiger partial charge in [0, 0.05) is 12.6 Å². The van der Waals surface area contributed by atoms with Crippen LogP contribution in [0, 0.1) is 6.92 Å². The molecule has 0 spiro atoms. The van der Waals surface area contributed by atoms with E-state index in [0.717, 1.165) is 28.4 Å². The van der Waals surface area contributed by atoms with Gasteiger partial charge >= 0.3 is 6.03 Å². The van der Waals surface area contributed by atoms with Gasteiger partial charge in [-0.05, 0) is 25.8 Å². The van der Waals surface area contributed by atoms with Crippen LogP contribution in [0.1, 0.15) is 34.5 Å². The molecule has 0 radical (unpaired) electrons. The first-order chi connectivity index (χ1) is 11.5. The number of halogens is 1. The van der Waals surface area contributed by atoms with Crippen LogP contribution in [-0.4, -0.2) is 34.8 Å². The van der Waals surface area contributed by atoms with Crippen molar-refractivity contribution >= 4 is 29.0 Å². The van der Waals surface area contributed by atoms with Gasteiger partial charge in [0.25, 0.3) is 0 Å². The van der Waals surface area contributed by atoms with Gasteiger partial charge < -0.3 is 15.0 Å². The Balaban J connectivity index is 1.71. The van der Waals surface area contributed by atoms with Gasteiger partial charge in [0.15, 0.2) is 0 Å². The first kappa shape index (κ1) is 17.0. The Bertz CT molecular complexity index is 737. The Hall–Kier alpha value is -1.86. The topological polar surface area (TPSA) is 67.4 Å². The van der Waals surface area contributed by atoms with Crippen LogP contribution in [0.5, 0.6) is 5.75 Å². The summed E-state index contributed by atoms with van der Waals surface area (Å²) >= 11 is 7.72. The van der Waals surface area contributed by atoms with E-state index in [2.05, 4.69) is 15.5 Å². The van der Waals surface area contributed by atoms with Gasteiger partial charge in [-0.25, -0.2) is 4.79 Å². The lowest BCUT2D eigenvalue weighted by Gasteiger charge is -2.23. The molecule has 1 N–H and O–H groups in total. The summed E-state index contributed by atoms with van der Waals surface area (Å²) in [6.07, 6.45) is 1.67. The van der Waals surface area contributed by atoms with Crippen LogP contribution in [-0.2, 0) is 6.54 Å². The number of para-hydroxylation sites is 1. The van der Waals surface area contributed by atoms with E-state index >= 15 is 0 Å². The summed E-state index contributed by atoms with van der Waals surface area (Å²) in [7, 11) is 1.75. The minimum atomic E-state index is -0.152. The van der Waals surface area contributed by atoms with Crippen molar-refractivity contribution in [2.75, 3.05) is 13.7 Å². The average molecular weight is 367 g/mol. The molecule has 0 bridgehead atoms. The van der Waals surface area contributed by atoms with E-state index in [0.29, 0.717) is 23.9 Å². The number of hydrogen-bond acceptors (Lipinski definition) is 5. The summed E-state index contributed by atoms with van der Waals surface area (Å²) in [5, 5.41) is 13.4. The number of nitrogens with one attached hydrogen (secondary N) is 1. The second kappa shape index (κ2) is 7.36. The summed E-state index contributed by atoms with van der Waals surface area (Å²) < 4.78 is 5.74. The molecule has 2 amide bonds. The van der Waals surface area contributed by atoms with Crippen molar-refractivity contribution in [2.24, 2.45) is 0 Å². The predicted octanol–water partition coefficient (Wildman–Crippen LogP) is 3.56. The highest BCUT2D eigenvalue weighted by molar-refractivity contribution is 7.11. The van der Waals surface area contributed by atoms with Crippen molar-refractivity contribution in [2.45, 2.75) is 32.4 Å². The van der Waals surface area contributed by atoms with Crippen LogP contribution < -0.4 is 10.1 Å². The third-order valence-corrected chi connectivity index (χ3v) is 4.96. The van der Waals surface area contributed by atoms with E-state index in [1.807, 2.05) is 19.1 Å². The molecule has 128 valence electrons. The second-order valence-electron chi connectivity index (χ2n) is 5.72. The van der Waals surface area contributed by atoms with Gasteiger partial charge in [-0.2, -0.15) is 0 Å². The maximum absolute atomic E-state index is 12.5. The molecule has 24 heavy (non-hydrogen) atoms. The van der Waals surface area contributed by atoms with E-state index in [1.54, 1.807) is 18.0 Å². The highest BCUT2D eigenvalue weighted by Gasteiger charge is 2.24. The van der Waals surface area contributed by atoms with Crippen LogP contribution in [0.3, 0.4) is 0 Å². The highest BCUT2D eigenvalue weighted by Crippen LogP contribution is 2.36. The Morgan fingerprint density at radius 1 is 1.50 bits per heavy atom. The number of carbonyl (C=O) groups is 1. The molecule has 0 saturated heterocycles. The number of benzene rings is 1. The summed E-state index contributed by atoms with van der Waals surface area (Å²) in [5.41, 5.74) is 0.925. The quantitative estimate of drug-likeness (QED) is 0.901. The summed E-state index contributed by atoms with van der Waals surface area (Å²) in [6.45, 7) is 2.93. The lowest BCUT2D eigenvalue weighted by atomic mass is 10.0. The van der Waals surface area contributed by atoms with Gasteiger partial charge in [0.2, 0.25) is 0 Å². The monoisotopic (exact) mass is 366 g/mol. The number of urea groups is 1. The molecule has 1 unspecified atom stereocenters. The molecule has 0 aliphatic carbocycles. The van der Waals surface area contributed by atoms with Gasteiger partial charge in [0.1, 0.15) is 15.8 Å². The number of nitrogens with zero attached hydrogens (tertiary/aromatic N) is 3. The van der Waals surface area contributed by atoms with Crippen molar-refractivity contribution < 1.29 is 9.53 Å². The molecule has 2 heterocycles. The molecular weight excluding hydrogens is 348 g/mol. The number of amides is 2. The maximum atomic E-state index is 12.5. The van der Waals surface area contributed by atoms with Gasteiger partial charge in [-0.15, -0.1) is 10.2 Å². The Morgan fingerprint density at radius 3 is 3.08 bits per heavy atom. The molecule has 8 heteroatoms. The van der Waals surface area contributed by atoms with Crippen molar-refractivity contribution in [1.29, 1.82) is 0 Å². The van der Waals surface area contributed by atoms with E-state index < -0.39 is 0 Å². The highest BCUT2D eigenvalue weighted by atomic mass is 35.5. The Labute approximate surface area is 149 Å². The Kier molecular flexibility index (Phi) is 5.20. The number of ether oxygens (including phenoxy) is 1. The standard InChI is InChI=1S/C16H19ClN4O2S/c1-10-19-20-14(24-10)9-21(2)16(22)18-13-7-4-8-23-15-11(13)5-3-6-12(15)17/h3,5-6,13H,4,7-9H2,1-2H3,(H,18,22). The number of hydrogen-bond donors (Lipinski definition) is 1. The molecular formula is C16H19ClN4O2S. The number of rotatable bonds is 3. The summed E-state index contributed by atoms with van der Waals surface area (Å²) in [5.74, 6) is 0.671. The molecule has 1 aromatic carbocycles. The number of carbonyl (C=O) groups excluding carboxylic acids is 1. The zero-order valence-electron chi connectivity index (χ0n) is 13.6. The molecule has 1 atom stereocenters. The van der Waals surface area contributed by atoms with Crippen LogP contribution in [0.2, 0.25) is 5.02 Å². The van der Waals surface area contributed by atoms with E-state index in [-0.39, 0.29) is 12.1 Å². The first-order valence-electron chi connectivity index (χ1n) is 7.76. The fourth-order valence-electron chi connectivity index (χ4n) is 2.65. The van der Waals surface area contributed by atoms with Crippen LogP contribution >= 0.6 is 22.9 Å². The molecule has 2 aromatic rings. The number of aromatic nitrogens is 2. The van der Waals surface area contributed by atoms with Crippen LogP contribution in [0.4, 0.5) is 4.79 Å². The third kappa shape index (κ3) is 3.79. The lowest BCUT2D eigenvalue weighted by Crippen LogP contribution is -2.39.